The van der Waals surface area contributed by atoms with Crippen molar-refractivity contribution in [2.75, 3.05) is 31.5 Å². The Bertz CT molecular complexity index is 724. The van der Waals surface area contributed by atoms with E-state index in [0.29, 0.717) is 0 Å². The molecule has 2 unspecified atom stereocenters. The smallest absolute Gasteiger partial charge is 0.652 e. The van der Waals surface area contributed by atoms with E-state index >= 15 is 0 Å². The molecule has 0 saturated heterocycles. The molecule has 0 spiro atoms. The first-order valence-electron chi connectivity index (χ1n) is 8.31. The van der Waals surface area contributed by atoms with Crippen LogP contribution in [-0.2, 0) is 9.32 Å². The number of hydrogen-bond donors (Lipinski definition) is 1. The second-order valence-electron chi connectivity index (χ2n) is 5.63. The van der Waals surface area contributed by atoms with Gasteiger partial charge in [0.25, 0.3) is 5.69 Å². The molecule has 1 aromatic rings. The predicted molar refractivity (Wildman–Crippen MR) is 109 cm³/mol. The van der Waals surface area contributed by atoms with Gasteiger partial charge in [-0.1, -0.05) is 6.08 Å². The molecular formula is C16H21Cl2N3NaO7P. The second-order valence-corrected chi connectivity index (χ2v) is 8.20. The number of carboxylic acids is 1. The quantitative estimate of drug-likeness (QED) is 0.0990. The van der Waals surface area contributed by atoms with Crippen molar-refractivity contribution < 1.29 is 58.5 Å². The van der Waals surface area contributed by atoms with Crippen LogP contribution in [-0.4, -0.2) is 52.1 Å². The molecule has 0 heterocycles. The Morgan fingerprint density at radius 2 is 2.00 bits per heavy atom. The largest absolute Gasteiger partial charge is 1.00 e. The van der Waals surface area contributed by atoms with Crippen LogP contribution in [0.3, 0.4) is 0 Å². The average molecular weight is 492 g/mol. The van der Waals surface area contributed by atoms with Gasteiger partial charge in [-0.15, -0.1) is 29.8 Å². The monoisotopic (exact) mass is 491 g/mol. The number of nitrogens with zero attached hydrogens (tertiary/aromatic N) is 2. The van der Waals surface area contributed by atoms with E-state index in [-0.39, 0.29) is 77.8 Å². The van der Waals surface area contributed by atoms with Crippen LogP contribution in [0.15, 0.2) is 30.9 Å². The summed E-state index contributed by atoms with van der Waals surface area (Å²) in [5.74, 6) is -1.02. The molecule has 1 aromatic carbocycles. The maximum atomic E-state index is 12.9. The molecule has 0 saturated carbocycles. The Hall–Kier alpha value is -0.520. The van der Waals surface area contributed by atoms with Crippen LogP contribution in [0.25, 0.3) is 5.50 Å². The molecule has 2 N–H and O–H groups in total. The van der Waals surface area contributed by atoms with Crippen LogP contribution in [0, 0.1) is 10.1 Å². The van der Waals surface area contributed by atoms with Crippen molar-refractivity contribution in [1.29, 1.82) is 0 Å². The van der Waals surface area contributed by atoms with Crippen LogP contribution >= 0.6 is 31.2 Å². The first-order valence-corrected chi connectivity index (χ1v) is 11.0. The van der Waals surface area contributed by atoms with Crippen molar-refractivity contribution >= 4 is 42.9 Å². The summed E-state index contributed by atoms with van der Waals surface area (Å²) in [7, 11) is -4.17. The van der Waals surface area contributed by atoms with Crippen molar-refractivity contribution in [3.05, 3.63) is 52.0 Å². The van der Waals surface area contributed by atoms with Crippen molar-refractivity contribution in [3.8, 4) is 5.75 Å². The molecule has 0 aliphatic rings. The van der Waals surface area contributed by atoms with E-state index in [4.69, 9.17) is 43.1 Å². The molecule has 10 nitrogen and oxygen atoms in total. The number of alkyl halides is 2. The summed E-state index contributed by atoms with van der Waals surface area (Å²) in [5.41, 5.74) is 7.76. The fourth-order valence-electron chi connectivity index (χ4n) is 2.38. The van der Waals surface area contributed by atoms with E-state index in [2.05, 4.69) is 6.58 Å². The van der Waals surface area contributed by atoms with Crippen molar-refractivity contribution in [2.45, 2.75) is 12.5 Å². The minimum absolute atomic E-state index is 0. The molecule has 0 aliphatic carbocycles. The number of rotatable bonds is 14. The Balaban J connectivity index is 0.00000841. The summed E-state index contributed by atoms with van der Waals surface area (Å²) in [6.07, 6.45) is 0.228. The number of halogens is 2. The van der Waals surface area contributed by atoms with Crippen LogP contribution in [0.4, 0.5) is 5.69 Å². The molecule has 0 radical (unpaired) electrons. The van der Waals surface area contributed by atoms with Crippen molar-refractivity contribution in [2.24, 2.45) is 0 Å². The van der Waals surface area contributed by atoms with Gasteiger partial charge in [0.05, 0.1) is 18.5 Å². The maximum Gasteiger partial charge on any atom is 1.00 e. The normalized spacial score (nSPS) is 13.8. The number of aliphatic carboxylic acids is 1. The van der Waals surface area contributed by atoms with Crippen LogP contribution < -0.4 is 39.2 Å². The summed E-state index contributed by atoms with van der Waals surface area (Å²) in [5, 5.41) is 20.2. The van der Waals surface area contributed by atoms with Crippen molar-refractivity contribution in [3.63, 3.8) is 0 Å². The first-order chi connectivity index (χ1) is 13.7. The molecule has 30 heavy (non-hydrogen) atoms. The van der Waals surface area contributed by atoms with Gasteiger partial charge in [0.1, 0.15) is 11.9 Å². The van der Waals surface area contributed by atoms with E-state index in [9.17, 15) is 19.8 Å². The Kier molecular flexibility index (Phi) is 14.3. The number of ether oxygens (including phenoxy) is 1. The van der Waals surface area contributed by atoms with E-state index in [0.717, 1.165) is 6.07 Å². The summed E-state index contributed by atoms with van der Waals surface area (Å²) in [6.45, 7) is 3.05. The van der Waals surface area contributed by atoms with Gasteiger partial charge in [-0.2, -0.15) is 4.67 Å². The van der Waals surface area contributed by atoms with Gasteiger partial charge in [0.2, 0.25) is 0 Å². The molecule has 0 fully saturated rings. The third-order valence-corrected chi connectivity index (χ3v) is 5.64. The summed E-state index contributed by atoms with van der Waals surface area (Å²) >= 11 is 11.4. The van der Waals surface area contributed by atoms with E-state index in [1.807, 2.05) is 0 Å². The number of nitrogens with one attached hydrogen (secondary N) is 1. The molecular weight excluding hydrogens is 471 g/mol. The summed E-state index contributed by atoms with van der Waals surface area (Å²) < 4.78 is 11.7. The summed E-state index contributed by atoms with van der Waals surface area (Å²) in [4.78, 5) is 34.3. The van der Waals surface area contributed by atoms with E-state index in [1.165, 1.54) is 22.9 Å². The molecule has 14 heteroatoms. The standard InChI is InChI=1S/C16H22Cl2N3O7P.Na/c1-2-3-15(28-29(19,26)20(8-6-17)9-7-18)13-10-12(27-11-16(22)23)4-5-14(13)21(24)25;/h2,4-5,10,15H,1,3,6-9,11H2,(H3,19,22,23,26);/q;+1/p-1. The summed E-state index contributed by atoms with van der Waals surface area (Å²) in [6, 6.07) is 3.59. The zero-order valence-electron chi connectivity index (χ0n) is 16.3. The van der Waals surface area contributed by atoms with E-state index < -0.39 is 31.6 Å². The van der Waals surface area contributed by atoms with Crippen LogP contribution in [0.1, 0.15) is 18.1 Å². The topological polar surface area (TPSA) is 149 Å². The van der Waals surface area contributed by atoms with Crippen LogP contribution in [0.2, 0.25) is 0 Å². The number of carboxylic acid groups (broad SMARTS) is 1. The third kappa shape index (κ3) is 9.32. The molecule has 162 valence electrons. The molecule has 0 amide bonds. The van der Waals surface area contributed by atoms with Gasteiger partial charge in [-0.05, 0) is 12.1 Å². The van der Waals surface area contributed by atoms with Gasteiger partial charge in [0, 0.05) is 37.3 Å². The average Bonchev–Trinajstić information content (AvgIpc) is 2.65. The number of nitro groups is 1. The fraction of sp³-hybridized carbons (Fsp3) is 0.438. The van der Waals surface area contributed by atoms with Gasteiger partial charge < -0.3 is 20.2 Å². The van der Waals surface area contributed by atoms with Gasteiger partial charge in [-0.3, -0.25) is 10.1 Å². The van der Waals surface area contributed by atoms with Crippen LogP contribution in [0.5, 0.6) is 5.75 Å². The Morgan fingerprint density at radius 3 is 2.47 bits per heavy atom. The maximum absolute atomic E-state index is 12.9. The van der Waals surface area contributed by atoms with Gasteiger partial charge >= 0.3 is 35.5 Å². The Labute approximate surface area is 207 Å². The molecule has 0 aromatic heterocycles. The van der Waals surface area contributed by atoms with E-state index in [1.54, 1.807) is 0 Å². The number of carbonyl (C=O) groups is 1. The number of hydrogen-bond acceptors (Lipinski definition) is 7. The molecule has 0 aliphatic heterocycles. The predicted octanol–water partition coefficient (Wildman–Crippen LogP) is 0.566. The number of nitro benzene ring substituents is 1. The SMILES string of the molecule is C=CCC(O[P+]([NH-])([O-])N(CCCl)CCCl)c1cc(OCC(=O)O)ccc1[N+](=O)[O-].[Na+]. The molecule has 2 atom stereocenters. The van der Waals surface area contributed by atoms with Gasteiger partial charge in [0.15, 0.2) is 6.61 Å². The Morgan fingerprint density at radius 1 is 1.40 bits per heavy atom. The van der Waals surface area contributed by atoms with Gasteiger partial charge in [-0.25, -0.2) is 9.32 Å². The first kappa shape index (κ1) is 29.5. The van der Waals surface area contributed by atoms with Crippen molar-refractivity contribution in [1.82, 2.24) is 4.67 Å². The molecule has 1 rings (SSSR count). The third-order valence-electron chi connectivity index (χ3n) is 3.61. The molecule has 0 bridgehead atoms. The zero-order valence-corrected chi connectivity index (χ0v) is 20.7. The number of benzene rings is 1. The fourth-order valence-corrected chi connectivity index (χ4v) is 4.43. The zero-order chi connectivity index (χ0) is 22.0. The minimum Gasteiger partial charge on any atom is -0.652 e. The minimum atomic E-state index is -4.17. The second kappa shape index (κ2) is 14.5.